The third-order valence-corrected chi connectivity index (χ3v) is 3.26. The van der Waals surface area contributed by atoms with E-state index in [1.807, 2.05) is 6.07 Å². The van der Waals surface area contributed by atoms with Gasteiger partial charge in [0, 0.05) is 12.6 Å². The monoisotopic (exact) mass is 283 g/mol. The van der Waals surface area contributed by atoms with E-state index in [1.165, 1.54) is 18.1 Å². The number of pyridine rings is 1. The molecule has 21 heavy (non-hydrogen) atoms. The predicted octanol–water partition coefficient (Wildman–Crippen LogP) is 4.22. The highest BCUT2D eigenvalue weighted by Gasteiger charge is 2.09. The zero-order valence-corrected chi connectivity index (χ0v) is 12.9. The van der Waals surface area contributed by atoms with Crippen LogP contribution >= 0.6 is 0 Å². The Balaban J connectivity index is 2.24. The number of anilines is 3. The molecule has 0 spiro atoms. The van der Waals surface area contributed by atoms with Crippen LogP contribution < -0.4 is 10.6 Å². The maximum Gasteiger partial charge on any atom is 0.222 e. The number of nitrogens with zero attached hydrogens (tertiary/aromatic N) is 1. The number of carbonyl (C=O) groups is 1. The second-order valence-corrected chi connectivity index (χ2v) is 5.43. The Bertz CT molecular complexity index is 633. The lowest BCUT2D eigenvalue weighted by atomic mass is 9.98. The molecule has 1 aromatic carbocycles. The summed E-state index contributed by atoms with van der Waals surface area (Å²) in [5.41, 5.74) is 4.51. The van der Waals surface area contributed by atoms with Gasteiger partial charge in [-0.1, -0.05) is 32.0 Å². The van der Waals surface area contributed by atoms with Gasteiger partial charge in [0.25, 0.3) is 0 Å². The molecule has 1 heterocycles. The van der Waals surface area contributed by atoms with Crippen LogP contribution in [-0.4, -0.2) is 10.9 Å². The van der Waals surface area contributed by atoms with Gasteiger partial charge >= 0.3 is 0 Å². The van der Waals surface area contributed by atoms with Gasteiger partial charge in [-0.3, -0.25) is 4.79 Å². The summed E-state index contributed by atoms with van der Waals surface area (Å²) in [6.45, 7) is 7.92. The number of aryl methyl sites for hydroxylation is 1. The Hall–Kier alpha value is -2.36. The van der Waals surface area contributed by atoms with Gasteiger partial charge in [0.15, 0.2) is 0 Å². The molecule has 4 nitrogen and oxygen atoms in total. The molecule has 0 radical (unpaired) electrons. The van der Waals surface area contributed by atoms with Gasteiger partial charge in [-0.2, -0.15) is 0 Å². The zero-order valence-electron chi connectivity index (χ0n) is 12.9. The maximum absolute atomic E-state index is 11.0. The van der Waals surface area contributed by atoms with Crippen LogP contribution in [0.15, 0.2) is 36.5 Å². The molecule has 0 unspecified atom stereocenters. The lowest BCUT2D eigenvalue weighted by Crippen LogP contribution is -2.07. The Morgan fingerprint density at radius 3 is 2.52 bits per heavy atom. The highest BCUT2D eigenvalue weighted by molar-refractivity contribution is 5.87. The molecule has 2 aromatic rings. The smallest absolute Gasteiger partial charge is 0.222 e. The summed E-state index contributed by atoms with van der Waals surface area (Å²) in [5, 5.41) is 6.09. The van der Waals surface area contributed by atoms with E-state index in [4.69, 9.17) is 0 Å². The number of para-hydroxylation sites is 1. The summed E-state index contributed by atoms with van der Waals surface area (Å²) in [6.07, 6.45) is 1.72. The lowest BCUT2D eigenvalue weighted by molar-refractivity contribution is -0.114. The number of aromatic nitrogens is 1. The molecule has 0 atom stereocenters. The quantitative estimate of drug-likeness (QED) is 0.883. The molecular formula is C17H21N3O. The van der Waals surface area contributed by atoms with Crippen LogP contribution in [0.25, 0.3) is 0 Å². The van der Waals surface area contributed by atoms with Gasteiger partial charge < -0.3 is 10.6 Å². The van der Waals surface area contributed by atoms with Crippen LogP contribution in [0.4, 0.5) is 17.2 Å². The first-order valence-electron chi connectivity index (χ1n) is 7.07. The molecule has 0 aliphatic carbocycles. The number of nitrogens with one attached hydrogen (secondary N) is 2. The van der Waals surface area contributed by atoms with Crippen molar-refractivity contribution in [3.8, 4) is 0 Å². The van der Waals surface area contributed by atoms with E-state index in [9.17, 15) is 4.79 Å². The van der Waals surface area contributed by atoms with E-state index >= 15 is 0 Å². The van der Waals surface area contributed by atoms with Crippen molar-refractivity contribution in [2.45, 2.75) is 33.6 Å². The SMILES string of the molecule is CC(=O)Nc1ccc(Nc2c(C)cccc2C(C)C)cn1. The predicted molar refractivity (Wildman–Crippen MR) is 87.1 cm³/mol. The zero-order chi connectivity index (χ0) is 15.4. The maximum atomic E-state index is 11.0. The van der Waals surface area contributed by atoms with E-state index in [0.717, 1.165) is 11.4 Å². The Kier molecular flexibility index (Phi) is 4.58. The molecule has 2 rings (SSSR count). The van der Waals surface area contributed by atoms with Gasteiger partial charge in [0.2, 0.25) is 5.91 Å². The minimum absolute atomic E-state index is 0.121. The number of amides is 1. The molecule has 4 heteroatoms. The van der Waals surface area contributed by atoms with Crippen LogP contribution in [0.3, 0.4) is 0 Å². The molecule has 0 saturated carbocycles. The summed E-state index contributed by atoms with van der Waals surface area (Å²) >= 11 is 0. The molecule has 110 valence electrons. The fraction of sp³-hybridized carbons (Fsp3) is 0.294. The van der Waals surface area contributed by atoms with Crippen molar-refractivity contribution >= 4 is 23.1 Å². The second-order valence-electron chi connectivity index (χ2n) is 5.43. The summed E-state index contributed by atoms with van der Waals surface area (Å²) in [7, 11) is 0. The first-order chi connectivity index (χ1) is 9.97. The first kappa shape index (κ1) is 15.0. The summed E-state index contributed by atoms with van der Waals surface area (Å²) in [5.74, 6) is 0.880. The van der Waals surface area contributed by atoms with Crippen LogP contribution in [0.2, 0.25) is 0 Å². The fourth-order valence-electron chi connectivity index (χ4n) is 2.21. The lowest BCUT2D eigenvalue weighted by Gasteiger charge is -2.17. The molecule has 0 saturated heterocycles. The Morgan fingerprint density at radius 1 is 1.19 bits per heavy atom. The van der Waals surface area contributed by atoms with E-state index in [0.29, 0.717) is 11.7 Å². The molecule has 1 aromatic heterocycles. The van der Waals surface area contributed by atoms with Crippen molar-refractivity contribution in [1.29, 1.82) is 0 Å². The van der Waals surface area contributed by atoms with Gasteiger partial charge in [-0.25, -0.2) is 4.98 Å². The molecule has 2 N–H and O–H groups in total. The molecule has 1 amide bonds. The minimum Gasteiger partial charge on any atom is -0.354 e. The molecule has 0 fully saturated rings. The first-order valence-corrected chi connectivity index (χ1v) is 7.07. The summed E-state index contributed by atoms with van der Waals surface area (Å²) in [4.78, 5) is 15.2. The van der Waals surface area contributed by atoms with Crippen LogP contribution in [0, 0.1) is 6.92 Å². The van der Waals surface area contributed by atoms with Crippen molar-refractivity contribution in [2.75, 3.05) is 10.6 Å². The van der Waals surface area contributed by atoms with Gasteiger partial charge in [0.05, 0.1) is 11.9 Å². The van der Waals surface area contributed by atoms with Gasteiger partial charge in [-0.15, -0.1) is 0 Å². The minimum atomic E-state index is -0.121. The number of benzene rings is 1. The van der Waals surface area contributed by atoms with E-state index in [1.54, 1.807) is 12.3 Å². The average molecular weight is 283 g/mol. The number of hydrogen-bond acceptors (Lipinski definition) is 3. The van der Waals surface area contributed by atoms with E-state index in [-0.39, 0.29) is 5.91 Å². The Morgan fingerprint density at radius 2 is 1.95 bits per heavy atom. The van der Waals surface area contributed by atoms with Gasteiger partial charge in [0.1, 0.15) is 5.82 Å². The number of carbonyl (C=O) groups excluding carboxylic acids is 1. The van der Waals surface area contributed by atoms with E-state index in [2.05, 4.69) is 54.6 Å². The third-order valence-electron chi connectivity index (χ3n) is 3.26. The summed E-state index contributed by atoms with van der Waals surface area (Å²) in [6, 6.07) is 10.0. The molecular weight excluding hydrogens is 262 g/mol. The van der Waals surface area contributed by atoms with Crippen molar-refractivity contribution in [1.82, 2.24) is 4.98 Å². The van der Waals surface area contributed by atoms with Crippen molar-refractivity contribution in [3.63, 3.8) is 0 Å². The largest absolute Gasteiger partial charge is 0.354 e. The highest BCUT2D eigenvalue weighted by atomic mass is 16.1. The molecule has 0 aliphatic rings. The van der Waals surface area contributed by atoms with Crippen LogP contribution in [0.1, 0.15) is 37.8 Å². The molecule has 0 aliphatic heterocycles. The van der Waals surface area contributed by atoms with Crippen molar-refractivity contribution < 1.29 is 4.79 Å². The second kappa shape index (κ2) is 6.39. The number of rotatable bonds is 4. The van der Waals surface area contributed by atoms with Crippen LogP contribution in [0.5, 0.6) is 0 Å². The van der Waals surface area contributed by atoms with E-state index < -0.39 is 0 Å². The normalized spacial score (nSPS) is 10.5. The highest BCUT2D eigenvalue weighted by Crippen LogP contribution is 2.30. The van der Waals surface area contributed by atoms with Crippen molar-refractivity contribution in [2.24, 2.45) is 0 Å². The van der Waals surface area contributed by atoms with Crippen LogP contribution in [-0.2, 0) is 4.79 Å². The average Bonchev–Trinajstić information content (AvgIpc) is 2.42. The topological polar surface area (TPSA) is 54.0 Å². The Labute approximate surface area is 125 Å². The standard InChI is InChI=1S/C17H21N3O/c1-11(2)15-7-5-6-12(3)17(15)20-14-8-9-16(18-10-14)19-13(4)21/h5-11,20H,1-4H3,(H,18,19,21). The fourth-order valence-corrected chi connectivity index (χ4v) is 2.21. The van der Waals surface area contributed by atoms with Crippen molar-refractivity contribution in [3.05, 3.63) is 47.7 Å². The van der Waals surface area contributed by atoms with Gasteiger partial charge in [-0.05, 0) is 36.1 Å². The summed E-state index contributed by atoms with van der Waals surface area (Å²) < 4.78 is 0. The molecule has 0 bridgehead atoms. The number of hydrogen-bond donors (Lipinski definition) is 2. The third kappa shape index (κ3) is 3.81.